The van der Waals surface area contributed by atoms with Gasteiger partial charge in [0.05, 0.1) is 7.11 Å². The molecular formula is C21H14FNO3. The normalized spacial score (nSPS) is 11.0. The lowest BCUT2D eigenvalue weighted by Gasteiger charge is -2.02. The predicted octanol–water partition coefficient (Wildman–Crippen LogP) is 4.88. The molecule has 0 saturated heterocycles. The van der Waals surface area contributed by atoms with Crippen molar-refractivity contribution in [2.45, 2.75) is 0 Å². The van der Waals surface area contributed by atoms with E-state index < -0.39 is 5.78 Å². The molecule has 1 heterocycles. The van der Waals surface area contributed by atoms with E-state index in [-0.39, 0.29) is 11.4 Å². The maximum atomic E-state index is 13.0. The highest BCUT2D eigenvalue weighted by molar-refractivity contribution is 6.13. The summed E-state index contributed by atoms with van der Waals surface area (Å²) in [7, 11) is 1.53. The van der Waals surface area contributed by atoms with Crippen molar-refractivity contribution in [2.75, 3.05) is 7.11 Å². The summed E-state index contributed by atoms with van der Waals surface area (Å²) in [5.74, 6) is 0.763. The number of methoxy groups -OCH3 is 1. The average molecular weight is 347 g/mol. The first-order chi connectivity index (χ1) is 12.6. The van der Waals surface area contributed by atoms with Crippen molar-refractivity contribution in [3.05, 3.63) is 83.4 Å². The quantitative estimate of drug-likeness (QED) is 0.375. The number of rotatable bonds is 5. The Kier molecular flexibility index (Phi) is 4.95. The van der Waals surface area contributed by atoms with Crippen LogP contribution in [-0.2, 0) is 0 Å². The number of hydrogen-bond acceptors (Lipinski definition) is 4. The maximum Gasteiger partial charge on any atom is 0.203 e. The van der Waals surface area contributed by atoms with Crippen molar-refractivity contribution in [3.8, 4) is 23.1 Å². The van der Waals surface area contributed by atoms with E-state index in [1.165, 1.54) is 25.3 Å². The molecule has 0 atom stereocenters. The summed E-state index contributed by atoms with van der Waals surface area (Å²) in [5.41, 5.74) is 1.03. The standard InChI is InChI=1S/C21H14FNO3/c1-25-18-8-4-15(5-9-18)21(24)16(13-23)12-19-10-11-20(26-19)14-2-6-17(22)7-3-14/h2-12H,1H3/b16-12+. The number of carbonyl (C=O) groups excluding carboxylic acids is 1. The van der Waals surface area contributed by atoms with Crippen LogP contribution in [0.1, 0.15) is 16.1 Å². The minimum absolute atomic E-state index is 0.0461. The molecule has 128 valence electrons. The highest BCUT2D eigenvalue weighted by Crippen LogP contribution is 2.24. The Hall–Kier alpha value is -3.65. The fraction of sp³-hybridized carbons (Fsp3) is 0.0476. The van der Waals surface area contributed by atoms with Crippen molar-refractivity contribution in [1.29, 1.82) is 5.26 Å². The molecule has 0 bridgehead atoms. The molecule has 0 aliphatic heterocycles. The number of nitriles is 1. The molecule has 0 unspecified atom stereocenters. The zero-order valence-electron chi connectivity index (χ0n) is 13.9. The first kappa shape index (κ1) is 17.2. The van der Waals surface area contributed by atoms with Crippen LogP contribution >= 0.6 is 0 Å². The minimum atomic E-state index is -0.408. The minimum Gasteiger partial charge on any atom is -0.497 e. The smallest absolute Gasteiger partial charge is 0.203 e. The molecule has 0 spiro atoms. The number of hydrogen-bond donors (Lipinski definition) is 0. The zero-order valence-corrected chi connectivity index (χ0v) is 13.9. The number of halogens is 1. The van der Waals surface area contributed by atoms with Gasteiger partial charge in [-0.05, 0) is 60.7 Å². The van der Waals surface area contributed by atoms with E-state index in [2.05, 4.69) is 0 Å². The number of nitrogens with zero attached hydrogens (tertiary/aromatic N) is 1. The summed E-state index contributed by atoms with van der Waals surface area (Å²) < 4.78 is 23.7. The second-order valence-corrected chi connectivity index (χ2v) is 5.44. The van der Waals surface area contributed by atoms with Gasteiger partial charge in [0.25, 0.3) is 0 Å². The molecule has 2 aromatic carbocycles. The monoisotopic (exact) mass is 347 g/mol. The number of benzene rings is 2. The van der Waals surface area contributed by atoms with Crippen LogP contribution < -0.4 is 4.74 Å². The van der Waals surface area contributed by atoms with Gasteiger partial charge >= 0.3 is 0 Å². The molecule has 26 heavy (non-hydrogen) atoms. The van der Waals surface area contributed by atoms with Gasteiger partial charge < -0.3 is 9.15 Å². The van der Waals surface area contributed by atoms with Crippen LogP contribution in [0.25, 0.3) is 17.4 Å². The van der Waals surface area contributed by atoms with E-state index in [1.807, 2.05) is 6.07 Å². The van der Waals surface area contributed by atoms with E-state index in [1.54, 1.807) is 48.5 Å². The van der Waals surface area contributed by atoms with Crippen molar-refractivity contribution in [3.63, 3.8) is 0 Å². The Balaban J connectivity index is 1.86. The molecule has 1 aromatic heterocycles. The summed E-state index contributed by atoms with van der Waals surface area (Å²) in [4.78, 5) is 12.5. The summed E-state index contributed by atoms with van der Waals surface area (Å²) >= 11 is 0. The van der Waals surface area contributed by atoms with E-state index in [0.717, 1.165) is 0 Å². The fourth-order valence-electron chi connectivity index (χ4n) is 2.39. The Labute approximate surface area is 149 Å². The molecule has 0 aliphatic rings. The third kappa shape index (κ3) is 3.70. The Morgan fingerprint density at radius 3 is 2.38 bits per heavy atom. The van der Waals surface area contributed by atoms with Crippen molar-refractivity contribution < 1.29 is 18.3 Å². The van der Waals surface area contributed by atoms with E-state index >= 15 is 0 Å². The van der Waals surface area contributed by atoms with Gasteiger partial charge in [0.1, 0.15) is 34.7 Å². The van der Waals surface area contributed by atoms with Crippen LogP contribution in [0.2, 0.25) is 0 Å². The molecule has 5 heteroatoms. The summed E-state index contributed by atoms with van der Waals surface area (Å²) in [6, 6.07) is 17.6. The van der Waals surface area contributed by atoms with Gasteiger partial charge in [-0.25, -0.2) is 4.39 Å². The van der Waals surface area contributed by atoms with Crippen LogP contribution in [0.15, 0.2) is 70.7 Å². The van der Waals surface area contributed by atoms with Crippen LogP contribution in [0.4, 0.5) is 4.39 Å². The number of furan rings is 1. The summed E-state index contributed by atoms with van der Waals surface area (Å²) in [6.07, 6.45) is 1.39. The molecule has 0 N–H and O–H groups in total. The lowest BCUT2D eigenvalue weighted by molar-refractivity contribution is 0.104. The molecule has 0 fully saturated rings. The van der Waals surface area contributed by atoms with Gasteiger partial charge in [-0.2, -0.15) is 5.26 Å². The number of carbonyl (C=O) groups is 1. The number of ketones is 1. The molecule has 0 saturated carbocycles. The van der Waals surface area contributed by atoms with Crippen LogP contribution in [0.3, 0.4) is 0 Å². The van der Waals surface area contributed by atoms with E-state index in [0.29, 0.717) is 28.4 Å². The molecule has 3 rings (SSSR count). The van der Waals surface area contributed by atoms with Gasteiger partial charge in [-0.3, -0.25) is 4.79 Å². The van der Waals surface area contributed by atoms with Gasteiger partial charge in [-0.1, -0.05) is 0 Å². The molecule has 3 aromatic rings. The third-order valence-electron chi connectivity index (χ3n) is 3.76. The average Bonchev–Trinajstić information content (AvgIpc) is 3.15. The van der Waals surface area contributed by atoms with E-state index in [4.69, 9.17) is 9.15 Å². The fourth-order valence-corrected chi connectivity index (χ4v) is 2.39. The summed E-state index contributed by atoms with van der Waals surface area (Å²) in [6.45, 7) is 0. The second kappa shape index (κ2) is 7.49. The van der Waals surface area contributed by atoms with Crippen molar-refractivity contribution >= 4 is 11.9 Å². The topological polar surface area (TPSA) is 63.2 Å². The van der Waals surface area contributed by atoms with Crippen molar-refractivity contribution in [1.82, 2.24) is 0 Å². The zero-order chi connectivity index (χ0) is 18.5. The second-order valence-electron chi connectivity index (χ2n) is 5.44. The van der Waals surface area contributed by atoms with Gasteiger partial charge in [0.15, 0.2) is 0 Å². The number of ether oxygens (including phenoxy) is 1. The molecular weight excluding hydrogens is 333 g/mol. The first-order valence-electron chi connectivity index (χ1n) is 7.77. The molecule has 0 radical (unpaired) electrons. The predicted molar refractivity (Wildman–Crippen MR) is 95.0 cm³/mol. The highest BCUT2D eigenvalue weighted by atomic mass is 19.1. The van der Waals surface area contributed by atoms with Crippen LogP contribution in [0, 0.1) is 17.1 Å². The van der Waals surface area contributed by atoms with Crippen LogP contribution in [0.5, 0.6) is 5.75 Å². The van der Waals surface area contributed by atoms with E-state index in [9.17, 15) is 14.4 Å². The Bertz CT molecular complexity index is 993. The number of allylic oxidation sites excluding steroid dienone is 1. The van der Waals surface area contributed by atoms with Crippen molar-refractivity contribution in [2.24, 2.45) is 0 Å². The SMILES string of the molecule is COc1ccc(C(=O)/C(C#N)=C/c2ccc(-c3ccc(F)cc3)o2)cc1. The lowest BCUT2D eigenvalue weighted by Crippen LogP contribution is -2.01. The van der Waals surface area contributed by atoms with Gasteiger partial charge in [0.2, 0.25) is 5.78 Å². The van der Waals surface area contributed by atoms with Gasteiger partial charge in [0, 0.05) is 17.2 Å². The third-order valence-corrected chi connectivity index (χ3v) is 3.76. The molecule has 0 amide bonds. The first-order valence-corrected chi connectivity index (χ1v) is 7.77. The largest absolute Gasteiger partial charge is 0.497 e. The maximum absolute atomic E-state index is 13.0. The Morgan fingerprint density at radius 2 is 1.77 bits per heavy atom. The molecule has 4 nitrogen and oxygen atoms in total. The number of Topliss-reactive ketones (excluding diaryl/α,β-unsaturated/α-hetero) is 1. The molecule has 0 aliphatic carbocycles. The summed E-state index contributed by atoms with van der Waals surface area (Å²) in [5, 5.41) is 9.33. The van der Waals surface area contributed by atoms with Gasteiger partial charge in [-0.15, -0.1) is 0 Å². The highest BCUT2D eigenvalue weighted by Gasteiger charge is 2.13. The Morgan fingerprint density at radius 1 is 1.08 bits per heavy atom. The lowest BCUT2D eigenvalue weighted by atomic mass is 10.0. The van der Waals surface area contributed by atoms with Crippen LogP contribution in [-0.4, -0.2) is 12.9 Å².